The Hall–Kier alpha value is -2.82. The number of aryl methyl sites for hydroxylation is 1. The Labute approximate surface area is 174 Å². The molecule has 1 unspecified atom stereocenters. The number of ether oxygens (including phenoxy) is 1. The number of amides is 1. The van der Waals surface area contributed by atoms with Gasteiger partial charge in [0.2, 0.25) is 5.91 Å². The number of hydrogen-bond acceptors (Lipinski definition) is 7. The number of nitro groups is 1. The fourth-order valence-corrected chi connectivity index (χ4v) is 4.28. The van der Waals surface area contributed by atoms with E-state index in [9.17, 15) is 23.3 Å². The molecule has 2 aromatic rings. The number of rotatable bonds is 7. The molecular formula is C20H23N3O6S. The number of benzene rings is 2. The van der Waals surface area contributed by atoms with E-state index in [1.165, 1.54) is 36.4 Å². The monoisotopic (exact) mass is 433 g/mol. The average Bonchev–Trinajstić information content (AvgIpc) is 2.74. The first-order valence-corrected chi connectivity index (χ1v) is 11.1. The Bertz CT molecular complexity index is 1000. The zero-order chi connectivity index (χ0) is 21.7. The van der Waals surface area contributed by atoms with Crippen molar-refractivity contribution in [3.8, 4) is 0 Å². The second-order valence-corrected chi connectivity index (χ2v) is 9.00. The van der Waals surface area contributed by atoms with Gasteiger partial charge in [-0.15, -0.1) is 0 Å². The largest absolute Gasteiger partial charge is 0.379 e. The van der Waals surface area contributed by atoms with Crippen molar-refractivity contribution in [3.05, 3.63) is 69.8 Å². The van der Waals surface area contributed by atoms with Gasteiger partial charge in [0, 0.05) is 25.2 Å². The molecule has 0 saturated carbocycles. The summed E-state index contributed by atoms with van der Waals surface area (Å²) in [4.78, 5) is 25.4. The molecule has 160 valence electrons. The van der Waals surface area contributed by atoms with Gasteiger partial charge in [-0.25, -0.2) is 8.42 Å². The summed E-state index contributed by atoms with van der Waals surface area (Å²) in [7, 11) is -3.70. The van der Waals surface area contributed by atoms with Crippen molar-refractivity contribution in [2.24, 2.45) is 0 Å². The second kappa shape index (κ2) is 9.33. The first-order valence-electron chi connectivity index (χ1n) is 9.41. The molecule has 0 aliphatic carbocycles. The standard InChI is InChI=1S/C20H23N3O6S/c1-15-2-8-18(9-3-15)30(27,28)14-21-20(24)19(22-10-12-29-13-11-22)16-4-6-17(7-5-16)23(25)26/h2-9,19H,10-14H2,1H3,(H,21,24). The highest BCUT2D eigenvalue weighted by molar-refractivity contribution is 7.91. The van der Waals surface area contributed by atoms with Crippen molar-refractivity contribution >= 4 is 21.4 Å². The molecule has 9 nitrogen and oxygen atoms in total. The molecule has 1 aliphatic heterocycles. The van der Waals surface area contributed by atoms with Crippen molar-refractivity contribution in [2.75, 3.05) is 32.2 Å². The lowest BCUT2D eigenvalue weighted by molar-refractivity contribution is -0.384. The summed E-state index contributed by atoms with van der Waals surface area (Å²) in [6.07, 6.45) is 0. The summed E-state index contributed by atoms with van der Waals surface area (Å²) < 4.78 is 30.5. The van der Waals surface area contributed by atoms with Gasteiger partial charge < -0.3 is 10.1 Å². The molecule has 3 rings (SSSR count). The number of non-ortho nitro benzene ring substituents is 1. The molecule has 1 heterocycles. The van der Waals surface area contributed by atoms with Gasteiger partial charge in [-0.2, -0.15) is 0 Å². The number of morpholine rings is 1. The van der Waals surface area contributed by atoms with Crippen LogP contribution in [0.25, 0.3) is 0 Å². The number of carbonyl (C=O) groups is 1. The van der Waals surface area contributed by atoms with Crippen molar-refractivity contribution in [3.63, 3.8) is 0 Å². The smallest absolute Gasteiger partial charge is 0.269 e. The first kappa shape index (κ1) is 21.9. The molecule has 10 heteroatoms. The van der Waals surface area contributed by atoms with E-state index in [1.54, 1.807) is 12.1 Å². The minimum atomic E-state index is -3.70. The predicted molar refractivity (Wildman–Crippen MR) is 110 cm³/mol. The number of nitrogens with zero attached hydrogens (tertiary/aromatic N) is 2. The van der Waals surface area contributed by atoms with Crippen molar-refractivity contribution in [2.45, 2.75) is 17.9 Å². The molecule has 2 aromatic carbocycles. The summed E-state index contributed by atoms with van der Waals surface area (Å²) in [6, 6.07) is 11.3. The Morgan fingerprint density at radius 3 is 2.30 bits per heavy atom. The van der Waals surface area contributed by atoms with Crippen LogP contribution in [0.5, 0.6) is 0 Å². The Balaban J connectivity index is 1.79. The maximum absolute atomic E-state index is 13.0. The summed E-state index contributed by atoms with van der Waals surface area (Å²) in [6.45, 7) is 3.71. The third kappa shape index (κ3) is 5.21. The van der Waals surface area contributed by atoms with Crippen LogP contribution in [-0.4, -0.2) is 56.3 Å². The van der Waals surface area contributed by atoms with Crippen LogP contribution in [0.1, 0.15) is 17.2 Å². The molecular weight excluding hydrogens is 410 g/mol. The Morgan fingerprint density at radius 2 is 1.73 bits per heavy atom. The van der Waals surface area contributed by atoms with Gasteiger partial charge in [0.15, 0.2) is 9.84 Å². The molecule has 0 bridgehead atoms. The second-order valence-electron chi connectivity index (χ2n) is 7.01. The van der Waals surface area contributed by atoms with E-state index >= 15 is 0 Å². The molecule has 0 aromatic heterocycles. The van der Waals surface area contributed by atoms with Crippen LogP contribution >= 0.6 is 0 Å². The number of hydrogen-bond donors (Lipinski definition) is 1. The van der Waals surface area contributed by atoms with Gasteiger partial charge in [-0.3, -0.25) is 19.8 Å². The zero-order valence-electron chi connectivity index (χ0n) is 16.5. The lowest BCUT2D eigenvalue weighted by atomic mass is 10.0. The van der Waals surface area contributed by atoms with E-state index < -0.39 is 32.6 Å². The van der Waals surface area contributed by atoms with Gasteiger partial charge in [-0.05, 0) is 24.6 Å². The molecule has 1 N–H and O–H groups in total. The summed E-state index contributed by atoms with van der Waals surface area (Å²) in [5.41, 5.74) is 1.40. The molecule has 1 aliphatic rings. The van der Waals surface area contributed by atoms with Crippen molar-refractivity contribution in [1.82, 2.24) is 10.2 Å². The SMILES string of the molecule is Cc1ccc(S(=O)(=O)CNC(=O)C(c2ccc([N+](=O)[O-])cc2)N2CCOCC2)cc1. The molecule has 30 heavy (non-hydrogen) atoms. The summed E-state index contributed by atoms with van der Waals surface area (Å²) in [5.74, 6) is -1.02. The minimum absolute atomic E-state index is 0.0816. The molecule has 1 saturated heterocycles. The number of carbonyl (C=O) groups excluding carboxylic acids is 1. The molecule has 1 amide bonds. The summed E-state index contributed by atoms with van der Waals surface area (Å²) >= 11 is 0. The fourth-order valence-electron chi connectivity index (χ4n) is 3.23. The maximum atomic E-state index is 13.0. The van der Waals surface area contributed by atoms with Crippen LogP contribution in [0.4, 0.5) is 5.69 Å². The van der Waals surface area contributed by atoms with E-state index in [0.717, 1.165) is 5.56 Å². The van der Waals surface area contributed by atoms with Crippen LogP contribution in [0.15, 0.2) is 53.4 Å². The van der Waals surface area contributed by atoms with Crippen LogP contribution in [0, 0.1) is 17.0 Å². The van der Waals surface area contributed by atoms with Gasteiger partial charge in [0.25, 0.3) is 5.69 Å². The van der Waals surface area contributed by atoms with Gasteiger partial charge in [-0.1, -0.05) is 29.8 Å². The number of nitro benzene ring substituents is 1. The summed E-state index contributed by atoms with van der Waals surface area (Å²) in [5, 5.41) is 13.4. The van der Waals surface area contributed by atoms with Gasteiger partial charge in [0.1, 0.15) is 11.9 Å². The predicted octanol–water partition coefficient (Wildman–Crippen LogP) is 1.82. The van der Waals surface area contributed by atoms with E-state index in [-0.39, 0.29) is 10.6 Å². The highest BCUT2D eigenvalue weighted by Crippen LogP contribution is 2.25. The molecule has 1 fully saturated rings. The molecule has 1 atom stereocenters. The van der Waals surface area contributed by atoms with Gasteiger partial charge >= 0.3 is 0 Å². The average molecular weight is 433 g/mol. The molecule has 0 spiro atoms. The number of sulfone groups is 1. The Morgan fingerprint density at radius 1 is 1.13 bits per heavy atom. The van der Waals surface area contributed by atoms with Crippen LogP contribution < -0.4 is 5.32 Å². The van der Waals surface area contributed by atoms with Crippen molar-refractivity contribution in [1.29, 1.82) is 0 Å². The van der Waals surface area contributed by atoms with Crippen LogP contribution in [-0.2, 0) is 19.4 Å². The molecule has 0 radical (unpaired) electrons. The lowest BCUT2D eigenvalue weighted by Crippen LogP contribution is -2.46. The Kier molecular flexibility index (Phi) is 6.80. The quantitative estimate of drug-likeness (QED) is 0.522. The fraction of sp³-hybridized carbons (Fsp3) is 0.350. The third-order valence-electron chi connectivity index (χ3n) is 4.90. The maximum Gasteiger partial charge on any atom is 0.269 e. The van der Waals surface area contributed by atoms with Crippen LogP contribution in [0.3, 0.4) is 0 Å². The lowest BCUT2D eigenvalue weighted by Gasteiger charge is -2.33. The minimum Gasteiger partial charge on any atom is -0.379 e. The van der Waals surface area contributed by atoms with E-state index in [2.05, 4.69) is 5.32 Å². The topological polar surface area (TPSA) is 119 Å². The van der Waals surface area contributed by atoms with E-state index in [1.807, 2.05) is 11.8 Å². The van der Waals surface area contributed by atoms with E-state index in [0.29, 0.717) is 31.9 Å². The van der Waals surface area contributed by atoms with E-state index in [4.69, 9.17) is 4.74 Å². The van der Waals surface area contributed by atoms with Crippen molar-refractivity contribution < 1.29 is 22.9 Å². The van der Waals surface area contributed by atoms with Gasteiger partial charge in [0.05, 0.1) is 23.0 Å². The first-order chi connectivity index (χ1) is 14.3. The highest BCUT2D eigenvalue weighted by Gasteiger charge is 2.30. The third-order valence-corrected chi connectivity index (χ3v) is 6.41. The highest BCUT2D eigenvalue weighted by atomic mass is 32.2. The number of nitrogens with one attached hydrogen (secondary N) is 1. The normalized spacial score (nSPS) is 16.0. The zero-order valence-corrected chi connectivity index (χ0v) is 17.3. The van der Waals surface area contributed by atoms with Crippen LogP contribution in [0.2, 0.25) is 0 Å².